The predicted molar refractivity (Wildman–Crippen MR) is 68.2 cm³/mol. The molecule has 106 valence electrons. The van der Waals surface area contributed by atoms with Crippen LogP contribution in [0.2, 0.25) is 0 Å². The zero-order valence-corrected chi connectivity index (χ0v) is 10.9. The van der Waals surface area contributed by atoms with Gasteiger partial charge < -0.3 is 10.2 Å². The number of anilines is 1. The standard InChI is InChI=1S/C13H17F3N2O/c1-3-10-4-6-11(7-5-10)18(2)12(19)8-17-9-13(14,15)16/h4-7,17H,3,8-9H2,1-2H3. The van der Waals surface area contributed by atoms with Gasteiger partial charge in [-0.15, -0.1) is 0 Å². The van der Waals surface area contributed by atoms with E-state index < -0.39 is 18.6 Å². The lowest BCUT2D eigenvalue weighted by Gasteiger charge is -2.18. The Labute approximate surface area is 110 Å². The van der Waals surface area contributed by atoms with Gasteiger partial charge in [-0.05, 0) is 24.1 Å². The fourth-order valence-electron chi connectivity index (χ4n) is 1.53. The number of amides is 1. The molecule has 3 nitrogen and oxygen atoms in total. The van der Waals surface area contributed by atoms with E-state index in [-0.39, 0.29) is 6.54 Å². The van der Waals surface area contributed by atoms with Gasteiger partial charge in [0, 0.05) is 12.7 Å². The minimum absolute atomic E-state index is 0.342. The van der Waals surface area contributed by atoms with Crippen LogP contribution in [0, 0.1) is 0 Å². The molecule has 6 heteroatoms. The van der Waals surface area contributed by atoms with E-state index in [4.69, 9.17) is 0 Å². The Morgan fingerprint density at radius 1 is 1.26 bits per heavy atom. The van der Waals surface area contributed by atoms with E-state index in [1.807, 2.05) is 19.1 Å². The zero-order chi connectivity index (χ0) is 14.5. The molecule has 19 heavy (non-hydrogen) atoms. The summed E-state index contributed by atoms with van der Waals surface area (Å²) >= 11 is 0. The molecule has 0 unspecified atom stereocenters. The average Bonchev–Trinajstić information content (AvgIpc) is 2.36. The van der Waals surface area contributed by atoms with Crippen molar-refractivity contribution in [3.8, 4) is 0 Å². The number of alkyl halides is 3. The molecule has 0 heterocycles. The minimum atomic E-state index is -4.30. The molecule has 1 N–H and O–H groups in total. The monoisotopic (exact) mass is 274 g/mol. The number of nitrogens with zero attached hydrogens (tertiary/aromatic N) is 1. The Morgan fingerprint density at radius 2 is 1.84 bits per heavy atom. The molecule has 0 aromatic heterocycles. The Kier molecular flexibility index (Phi) is 5.35. The Morgan fingerprint density at radius 3 is 2.32 bits per heavy atom. The predicted octanol–water partition coefficient (Wildman–Crippen LogP) is 2.36. The summed E-state index contributed by atoms with van der Waals surface area (Å²) in [5.74, 6) is -0.409. The minimum Gasteiger partial charge on any atom is -0.314 e. The first-order valence-electron chi connectivity index (χ1n) is 5.96. The van der Waals surface area contributed by atoms with Gasteiger partial charge in [0.1, 0.15) is 0 Å². The quantitative estimate of drug-likeness (QED) is 0.894. The molecule has 0 saturated heterocycles. The summed E-state index contributed by atoms with van der Waals surface area (Å²) in [6, 6.07) is 7.34. The first-order valence-corrected chi connectivity index (χ1v) is 5.96. The molecule has 1 aromatic rings. The average molecular weight is 274 g/mol. The Hall–Kier alpha value is -1.56. The second-order valence-corrected chi connectivity index (χ2v) is 4.19. The first kappa shape index (κ1) is 15.5. The summed E-state index contributed by atoms with van der Waals surface area (Å²) in [4.78, 5) is 13.0. The van der Waals surface area contributed by atoms with Crippen LogP contribution in [-0.2, 0) is 11.2 Å². The molecular weight excluding hydrogens is 257 g/mol. The molecule has 0 saturated carbocycles. The zero-order valence-electron chi connectivity index (χ0n) is 10.9. The summed E-state index contributed by atoms with van der Waals surface area (Å²) in [7, 11) is 1.54. The molecule has 0 fully saturated rings. The number of benzene rings is 1. The van der Waals surface area contributed by atoms with Crippen molar-refractivity contribution in [1.82, 2.24) is 5.32 Å². The molecule has 0 aliphatic carbocycles. The van der Waals surface area contributed by atoms with E-state index in [1.54, 1.807) is 19.2 Å². The number of hydrogen-bond acceptors (Lipinski definition) is 2. The van der Waals surface area contributed by atoms with Gasteiger partial charge in [0.25, 0.3) is 0 Å². The van der Waals surface area contributed by atoms with Gasteiger partial charge in [-0.2, -0.15) is 13.2 Å². The third-order valence-corrected chi connectivity index (χ3v) is 2.71. The third kappa shape index (κ3) is 5.30. The van der Waals surface area contributed by atoms with Crippen LogP contribution >= 0.6 is 0 Å². The molecule has 0 atom stereocenters. The fraction of sp³-hybridized carbons (Fsp3) is 0.462. The summed E-state index contributed by atoms with van der Waals surface area (Å²) in [5, 5.41) is 2.08. The first-order chi connectivity index (χ1) is 8.83. The summed E-state index contributed by atoms with van der Waals surface area (Å²) < 4.78 is 35.8. The maximum atomic E-state index is 11.9. The maximum absolute atomic E-state index is 11.9. The van der Waals surface area contributed by atoms with E-state index >= 15 is 0 Å². The summed E-state index contributed by atoms with van der Waals surface area (Å²) in [6.07, 6.45) is -3.41. The van der Waals surface area contributed by atoms with Crippen molar-refractivity contribution in [2.75, 3.05) is 25.0 Å². The molecule has 1 amide bonds. The molecule has 1 rings (SSSR count). The summed E-state index contributed by atoms with van der Waals surface area (Å²) in [6.45, 7) is 0.512. The molecular formula is C13H17F3N2O. The highest BCUT2D eigenvalue weighted by Crippen LogP contribution is 2.15. The van der Waals surface area contributed by atoms with E-state index in [2.05, 4.69) is 5.32 Å². The fourth-order valence-corrected chi connectivity index (χ4v) is 1.53. The van der Waals surface area contributed by atoms with E-state index in [0.717, 1.165) is 12.0 Å². The van der Waals surface area contributed by atoms with Crippen molar-refractivity contribution >= 4 is 11.6 Å². The highest BCUT2D eigenvalue weighted by Gasteiger charge is 2.26. The number of aryl methyl sites for hydroxylation is 1. The second kappa shape index (κ2) is 6.56. The molecule has 0 aliphatic rings. The number of hydrogen-bond donors (Lipinski definition) is 1. The second-order valence-electron chi connectivity index (χ2n) is 4.19. The lowest BCUT2D eigenvalue weighted by Crippen LogP contribution is -2.39. The van der Waals surface area contributed by atoms with Gasteiger partial charge in [0.2, 0.25) is 5.91 Å². The van der Waals surface area contributed by atoms with Crippen LogP contribution in [0.5, 0.6) is 0 Å². The van der Waals surface area contributed by atoms with Crippen molar-refractivity contribution in [1.29, 1.82) is 0 Å². The lowest BCUT2D eigenvalue weighted by molar-refractivity contribution is -0.127. The molecule has 0 aliphatic heterocycles. The maximum Gasteiger partial charge on any atom is 0.401 e. The smallest absolute Gasteiger partial charge is 0.314 e. The van der Waals surface area contributed by atoms with Gasteiger partial charge in [-0.3, -0.25) is 4.79 Å². The topological polar surface area (TPSA) is 32.3 Å². The van der Waals surface area contributed by atoms with E-state index in [9.17, 15) is 18.0 Å². The Bertz CT molecular complexity index is 415. The number of halogens is 3. The van der Waals surface area contributed by atoms with E-state index in [1.165, 1.54) is 4.90 Å². The van der Waals surface area contributed by atoms with Gasteiger partial charge in [-0.1, -0.05) is 19.1 Å². The van der Waals surface area contributed by atoms with Crippen LogP contribution < -0.4 is 10.2 Å². The number of nitrogens with one attached hydrogen (secondary N) is 1. The largest absolute Gasteiger partial charge is 0.401 e. The summed E-state index contributed by atoms with van der Waals surface area (Å²) in [5.41, 5.74) is 1.80. The highest BCUT2D eigenvalue weighted by molar-refractivity contribution is 5.94. The van der Waals surface area contributed by atoms with Crippen LogP contribution in [0.3, 0.4) is 0 Å². The number of rotatable bonds is 5. The van der Waals surface area contributed by atoms with Gasteiger partial charge in [0.15, 0.2) is 0 Å². The highest BCUT2D eigenvalue weighted by atomic mass is 19.4. The molecule has 1 aromatic carbocycles. The van der Waals surface area contributed by atoms with Crippen LogP contribution in [0.4, 0.5) is 18.9 Å². The van der Waals surface area contributed by atoms with Crippen LogP contribution in [0.25, 0.3) is 0 Å². The van der Waals surface area contributed by atoms with Crippen molar-refractivity contribution in [2.24, 2.45) is 0 Å². The molecule has 0 spiro atoms. The van der Waals surface area contributed by atoms with E-state index in [0.29, 0.717) is 5.69 Å². The van der Waals surface area contributed by atoms with Crippen molar-refractivity contribution in [3.05, 3.63) is 29.8 Å². The SMILES string of the molecule is CCc1ccc(N(C)C(=O)CNCC(F)(F)F)cc1. The van der Waals surface area contributed by atoms with Crippen LogP contribution in [0.1, 0.15) is 12.5 Å². The normalized spacial score (nSPS) is 11.4. The van der Waals surface area contributed by atoms with Gasteiger partial charge in [-0.25, -0.2) is 0 Å². The Balaban J connectivity index is 2.51. The van der Waals surface area contributed by atoms with Crippen LogP contribution in [0.15, 0.2) is 24.3 Å². The van der Waals surface area contributed by atoms with Gasteiger partial charge >= 0.3 is 6.18 Å². The number of likely N-dealkylation sites (N-methyl/N-ethyl adjacent to an activating group) is 1. The van der Waals surface area contributed by atoms with Crippen molar-refractivity contribution in [2.45, 2.75) is 19.5 Å². The number of carbonyl (C=O) groups is 1. The molecule has 0 radical (unpaired) electrons. The van der Waals surface area contributed by atoms with Crippen LogP contribution in [-0.4, -0.2) is 32.2 Å². The third-order valence-electron chi connectivity index (χ3n) is 2.71. The molecule has 0 bridgehead atoms. The van der Waals surface area contributed by atoms with Crippen molar-refractivity contribution < 1.29 is 18.0 Å². The van der Waals surface area contributed by atoms with Gasteiger partial charge in [0.05, 0.1) is 13.1 Å². The van der Waals surface area contributed by atoms with Crippen molar-refractivity contribution in [3.63, 3.8) is 0 Å². The lowest BCUT2D eigenvalue weighted by atomic mass is 10.1. The number of carbonyl (C=O) groups excluding carboxylic acids is 1.